The van der Waals surface area contributed by atoms with Crippen molar-refractivity contribution < 1.29 is 23.1 Å². The molecule has 7 heteroatoms. The SMILES string of the molecule is COC(=O)C1=C(C)NC(=O)N[C@@H]1c1c(F)cccc1F. The van der Waals surface area contributed by atoms with E-state index in [1.165, 1.54) is 13.0 Å². The summed E-state index contributed by atoms with van der Waals surface area (Å²) in [5, 5.41) is 4.69. The van der Waals surface area contributed by atoms with Gasteiger partial charge in [-0.3, -0.25) is 0 Å². The minimum Gasteiger partial charge on any atom is -0.466 e. The van der Waals surface area contributed by atoms with Gasteiger partial charge in [0.25, 0.3) is 0 Å². The van der Waals surface area contributed by atoms with Crippen LogP contribution < -0.4 is 10.6 Å². The maximum Gasteiger partial charge on any atom is 0.337 e. The summed E-state index contributed by atoms with van der Waals surface area (Å²) in [5.41, 5.74) is -0.258. The molecule has 0 spiro atoms. The second-order valence-corrected chi connectivity index (χ2v) is 4.20. The molecule has 2 N–H and O–H groups in total. The molecule has 0 saturated heterocycles. The molecule has 0 aromatic heterocycles. The molecule has 2 rings (SSSR count). The lowest BCUT2D eigenvalue weighted by atomic mass is 9.94. The number of urea groups is 1. The molecule has 0 saturated carbocycles. The first kappa shape index (κ1) is 14.0. The van der Waals surface area contributed by atoms with Crippen molar-refractivity contribution in [1.29, 1.82) is 0 Å². The van der Waals surface area contributed by atoms with Gasteiger partial charge >= 0.3 is 12.0 Å². The number of ether oxygens (including phenoxy) is 1. The zero-order valence-electron chi connectivity index (χ0n) is 10.8. The number of methoxy groups -OCH3 is 1. The van der Waals surface area contributed by atoms with Gasteiger partial charge in [-0.2, -0.15) is 0 Å². The Kier molecular flexibility index (Phi) is 3.69. The molecule has 0 aliphatic carbocycles. The minimum atomic E-state index is -1.24. The van der Waals surface area contributed by atoms with Gasteiger partial charge in [-0.15, -0.1) is 0 Å². The lowest BCUT2D eigenvalue weighted by Crippen LogP contribution is -2.45. The Morgan fingerprint density at radius 3 is 2.45 bits per heavy atom. The van der Waals surface area contributed by atoms with Crippen LogP contribution in [-0.4, -0.2) is 19.1 Å². The smallest absolute Gasteiger partial charge is 0.337 e. The van der Waals surface area contributed by atoms with E-state index in [9.17, 15) is 18.4 Å². The van der Waals surface area contributed by atoms with Crippen LogP contribution in [0, 0.1) is 11.6 Å². The Morgan fingerprint density at radius 1 is 1.30 bits per heavy atom. The van der Waals surface area contributed by atoms with Gasteiger partial charge in [0.2, 0.25) is 0 Å². The average molecular weight is 282 g/mol. The van der Waals surface area contributed by atoms with Crippen LogP contribution >= 0.6 is 0 Å². The Bertz CT molecular complexity index is 593. The summed E-state index contributed by atoms with van der Waals surface area (Å²) in [7, 11) is 1.15. The molecule has 1 aromatic rings. The van der Waals surface area contributed by atoms with Crippen LogP contribution in [0.1, 0.15) is 18.5 Å². The fraction of sp³-hybridized carbons (Fsp3) is 0.231. The van der Waals surface area contributed by atoms with Crippen molar-refractivity contribution in [2.75, 3.05) is 7.11 Å². The van der Waals surface area contributed by atoms with Gasteiger partial charge in [0.15, 0.2) is 0 Å². The van der Waals surface area contributed by atoms with Crippen molar-refractivity contribution in [3.63, 3.8) is 0 Å². The van der Waals surface area contributed by atoms with Gasteiger partial charge in [0.05, 0.1) is 24.3 Å². The summed E-state index contributed by atoms with van der Waals surface area (Å²) in [6, 6.07) is 1.42. The van der Waals surface area contributed by atoms with Crippen molar-refractivity contribution in [2.24, 2.45) is 0 Å². The van der Waals surface area contributed by atoms with E-state index in [1.807, 2.05) is 0 Å². The third-order valence-electron chi connectivity index (χ3n) is 2.96. The fourth-order valence-corrected chi connectivity index (χ4v) is 2.08. The Hall–Kier alpha value is -2.44. The molecule has 1 aliphatic heterocycles. The zero-order chi connectivity index (χ0) is 14.9. The van der Waals surface area contributed by atoms with E-state index in [0.29, 0.717) is 0 Å². The van der Waals surface area contributed by atoms with Gasteiger partial charge in [-0.25, -0.2) is 18.4 Å². The molecule has 5 nitrogen and oxygen atoms in total. The van der Waals surface area contributed by atoms with E-state index < -0.39 is 35.2 Å². The molecule has 1 aromatic carbocycles. The molecule has 0 radical (unpaired) electrons. The second-order valence-electron chi connectivity index (χ2n) is 4.20. The molecule has 1 aliphatic rings. The van der Waals surface area contributed by atoms with Gasteiger partial charge in [-0.05, 0) is 19.1 Å². The molecule has 1 atom stereocenters. The van der Waals surface area contributed by atoms with Gasteiger partial charge < -0.3 is 15.4 Å². The summed E-state index contributed by atoms with van der Waals surface area (Å²) in [5.74, 6) is -2.49. The quantitative estimate of drug-likeness (QED) is 0.812. The number of esters is 1. The molecular formula is C13H12F2N2O3. The highest BCUT2D eigenvalue weighted by atomic mass is 19.1. The first-order valence-electron chi connectivity index (χ1n) is 5.76. The van der Waals surface area contributed by atoms with E-state index in [4.69, 9.17) is 0 Å². The topological polar surface area (TPSA) is 67.4 Å². The third-order valence-corrected chi connectivity index (χ3v) is 2.96. The predicted octanol–water partition coefficient (Wildman–Crippen LogP) is 1.77. The second kappa shape index (κ2) is 5.28. The third kappa shape index (κ3) is 2.34. The summed E-state index contributed by atoms with van der Waals surface area (Å²) in [4.78, 5) is 23.3. The predicted molar refractivity (Wildman–Crippen MR) is 65.5 cm³/mol. The molecule has 0 fully saturated rings. The van der Waals surface area contributed by atoms with Crippen molar-refractivity contribution in [3.05, 3.63) is 46.7 Å². The standard InChI is InChI=1S/C13H12F2N2O3/c1-6-9(12(18)20-2)11(17-13(19)16-6)10-7(14)4-3-5-8(10)15/h3-5,11H,1-2H3,(H2,16,17,19)/t11-/m0/s1. The first-order chi connectivity index (χ1) is 9.45. The van der Waals surface area contributed by atoms with E-state index in [-0.39, 0.29) is 11.3 Å². The Balaban J connectivity index is 2.60. The van der Waals surface area contributed by atoms with Gasteiger partial charge in [-0.1, -0.05) is 6.07 Å². The number of hydrogen-bond donors (Lipinski definition) is 2. The summed E-state index contributed by atoms with van der Waals surface area (Å²) in [6.07, 6.45) is 0. The summed E-state index contributed by atoms with van der Waals surface area (Å²) < 4.78 is 32.3. The number of hydrogen-bond acceptors (Lipinski definition) is 3. The number of carbonyl (C=O) groups is 2. The number of nitrogens with one attached hydrogen (secondary N) is 2. The van der Waals surface area contributed by atoms with E-state index >= 15 is 0 Å². The maximum atomic E-state index is 13.8. The first-order valence-corrected chi connectivity index (χ1v) is 5.76. The number of allylic oxidation sites excluding steroid dienone is 1. The van der Waals surface area contributed by atoms with Crippen LogP contribution in [0.25, 0.3) is 0 Å². The number of halogens is 2. The van der Waals surface area contributed by atoms with Crippen LogP contribution in [0.15, 0.2) is 29.5 Å². The largest absolute Gasteiger partial charge is 0.466 e. The number of benzene rings is 1. The monoisotopic (exact) mass is 282 g/mol. The van der Waals surface area contributed by atoms with Crippen molar-refractivity contribution in [2.45, 2.75) is 13.0 Å². The minimum absolute atomic E-state index is 0.0453. The van der Waals surface area contributed by atoms with Crippen molar-refractivity contribution in [3.8, 4) is 0 Å². The summed E-state index contributed by atoms with van der Waals surface area (Å²) in [6.45, 7) is 1.46. The normalized spacial score (nSPS) is 18.4. The molecule has 1 heterocycles. The van der Waals surface area contributed by atoms with Crippen LogP contribution in [0.5, 0.6) is 0 Å². The fourth-order valence-electron chi connectivity index (χ4n) is 2.08. The number of carbonyl (C=O) groups excluding carboxylic acids is 2. The van der Waals surface area contributed by atoms with Gasteiger partial charge in [0.1, 0.15) is 11.6 Å². The van der Waals surface area contributed by atoms with E-state index in [2.05, 4.69) is 15.4 Å². The lowest BCUT2D eigenvalue weighted by Gasteiger charge is -2.28. The Morgan fingerprint density at radius 2 is 1.90 bits per heavy atom. The lowest BCUT2D eigenvalue weighted by molar-refractivity contribution is -0.136. The number of amides is 2. The highest BCUT2D eigenvalue weighted by molar-refractivity contribution is 5.94. The van der Waals surface area contributed by atoms with E-state index in [1.54, 1.807) is 0 Å². The van der Waals surface area contributed by atoms with Crippen molar-refractivity contribution >= 4 is 12.0 Å². The van der Waals surface area contributed by atoms with Crippen LogP contribution in [0.3, 0.4) is 0 Å². The molecule has 2 amide bonds. The summed E-state index contributed by atoms with van der Waals surface area (Å²) >= 11 is 0. The average Bonchev–Trinajstić information content (AvgIpc) is 2.37. The molecule has 20 heavy (non-hydrogen) atoms. The van der Waals surface area contributed by atoms with Gasteiger partial charge in [0, 0.05) is 5.70 Å². The molecule has 0 unspecified atom stereocenters. The van der Waals surface area contributed by atoms with Crippen molar-refractivity contribution in [1.82, 2.24) is 10.6 Å². The highest BCUT2D eigenvalue weighted by Gasteiger charge is 2.35. The molecule has 0 bridgehead atoms. The van der Waals surface area contributed by atoms with Crippen LogP contribution in [0.2, 0.25) is 0 Å². The Labute approximate surface area is 113 Å². The molecule has 106 valence electrons. The van der Waals surface area contributed by atoms with E-state index in [0.717, 1.165) is 19.2 Å². The maximum absolute atomic E-state index is 13.8. The number of rotatable bonds is 2. The highest BCUT2D eigenvalue weighted by Crippen LogP contribution is 2.30. The molecular weight excluding hydrogens is 270 g/mol. The van der Waals surface area contributed by atoms with Crippen LogP contribution in [0.4, 0.5) is 13.6 Å². The zero-order valence-corrected chi connectivity index (χ0v) is 10.8. The van der Waals surface area contributed by atoms with Crippen LogP contribution in [-0.2, 0) is 9.53 Å².